The molecule has 35 heavy (non-hydrogen) atoms. The molecule has 4 atom stereocenters. The number of hydrogen-bond acceptors (Lipinski definition) is 7. The summed E-state index contributed by atoms with van der Waals surface area (Å²) < 4.78 is 0. The van der Waals surface area contributed by atoms with Crippen molar-refractivity contribution in [3.63, 3.8) is 0 Å². The molecule has 2 amide bonds. The molecule has 1 aromatic heterocycles. The van der Waals surface area contributed by atoms with Crippen LogP contribution in [0, 0.1) is 17.8 Å². The highest BCUT2D eigenvalue weighted by molar-refractivity contribution is 7.09. The molecule has 1 aliphatic carbocycles. The largest absolute Gasteiger partial charge is 0.508 e. The monoisotopic (exact) mass is 497 g/mol. The van der Waals surface area contributed by atoms with Gasteiger partial charge in [0.05, 0.1) is 37.7 Å². The molecule has 0 saturated carbocycles. The number of phenols is 1. The first-order valence-electron chi connectivity index (χ1n) is 11.8. The van der Waals surface area contributed by atoms with Crippen molar-refractivity contribution < 1.29 is 30.0 Å². The molecule has 8 heteroatoms. The molecule has 0 radical (unpaired) electrons. The van der Waals surface area contributed by atoms with Gasteiger partial charge >= 0.3 is 0 Å². The highest BCUT2D eigenvalue weighted by Gasteiger charge is 2.54. The maximum Gasteiger partial charge on any atom is 0.234 e. The van der Waals surface area contributed by atoms with E-state index < -0.39 is 23.9 Å². The molecule has 186 valence electrons. The van der Waals surface area contributed by atoms with Crippen LogP contribution >= 0.6 is 11.3 Å². The predicted octanol–water partition coefficient (Wildman–Crippen LogP) is 3.10. The molecule has 2 aliphatic rings. The molecule has 0 spiro atoms. The number of carbonyl (C=O) groups excluding carboxylic acids is 2. The number of aliphatic hydroxyl groups excluding tert-OH is 3. The van der Waals surface area contributed by atoms with E-state index in [0.717, 1.165) is 16.0 Å². The van der Waals surface area contributed by atoms with Gasteiger partial charge in [0.25, 0.3) is 0 Å². The van der Waals surface area contributed by atoms with Crippen LogP contribution in [-0.4, -0.2) is 56.5 Å². The molecular formula is C27H31NO6S. The Morgan fingerprint density at radius 1 is 1.17 bits per heavy atom. The summed E-state index contributed by atoms with van der Waals surface area (Å²) in [5, 5.41) is 42.8. The number of allylic oxidation sites excluding steroid dienone is 1. The van der Waals surface area contributed by atoms with Gasteiger partial charge in [-0.2, -0.15) is 0 Å². The topological polar surface area (TPSA) is 118 Å². The number of aromatic hydroxyl groups is 1. The Bertz CT molecular complexity index is 1120. The summed E-state index contributed by atoms with van der Waals surface area (Å²) in [6, 6.07) is 10.6. The van der Waals surface area contributed by atoms with Crippen LogP contribution in [0.2, 0.25) is 0 Å². The molecule has 1 aliphatic heterocycles. The van der Waals surface area contributed by atoms with Crippen molar-refractivity contribution in [1.82, 2.24) is 4.90 Å². The number of benzene rings is 1. The van der Waals surface area contributed by atoms with Crippen molar-refractivity contribution in [3.8, 4) is 5.75 Å². The van der Waals surface area contributed by atoms with Crippen molar-refractivity contribution in [2.45, 2.75) is 38.8 Å². The minimum Gasteiger partial charge on any atom is -0.508 e. The Balaban J connectivity index is 1.52. The zero-order valence-corrected chi connectivity index (χ0v) is 20.4. The number of imide groups is 1. The number of thiophene rings is 1. The number of aliphatic hydroxyl groups is 3. The third-order valence-corrected chi connectivity index (χ3v) is 7.90. The zero-order chi connectivity index (χ0) is 25.1. The molecule has 2 aromatic rings. The molecule has 0 bridgehead atoms. The van der Waals surface area contributed by atoms with E-state index in [2.05, 4.69) is 0 Å². The van der Waals surface area contributed by atoms with E-state index in [0.29, 0.717) is 24.0 Å². The second-order valence-electron chi connectivity index (χ2n) is 9.32. The average molecular weight is 498 g/mol. The number of nitrogens with zero attached hydrogens (tertiary/aromatic N) is 1. The molecule has 4 N–H and O–H groups in total. The quantitative estimate of drug-likeness (QED) is 0.312. The van der Waals surface area contributed by atoms with E-state index in [1.807, 2.05) is 30.5 Å². The molecule has 1 fully saturated rings. The van der Waals surface area contributed by atoms with Crippen LogP contribution in [0.1, 0.15) is 36.6 Å². The van der Waals surface area contributed by atoms with Crippen LogP contribution in [0.25, 0.3) is 6.08 Å². The number of hydrogen-bond donors (Lipinski definition) is 4. The van der Waals surface area contributed by atoms with E-state index in [1.54, 1.807) is 24.3 Å². The van der Waals surface area contributed by atoms with Gasteiger partial charge in [0.15, 0.2) is 0 Å². The van der Waals surface area contributed by atoms with Crippen LogP contribution in [0.15, 0.2) is 58.5 Å². The number of likely N-dealkylation sites (tertiary alicyclic amines) is 1. The van der Waals surface area contributed by atoms with Crippen LogP contribution in [-0.2, 0) is 16.1 Å². The number of phenolic OH excluding ortho intramolecular Hbond substituents is 1. The summed E-state index contributed by atoms with van der Waals surface area (Å²) in [5.74, 6) is -2.48. The lowest BCUT2D eigenvalue weighted by Crippen LogP contribution is -2.39. The number of amides is 2. The SMILES string of the molecule is C/C(=C\c1ccc(O)cc1)CC[C@@H](O)C1=C(CO)C[C@H]2C(=O)N(Cc3cccs3)C(=O)[C@H]2[C@H]1CO. The zero-order valence-electron chi connectivity index (χ0n) is 19.6. The van der Waals surface area contributed by atoms with E-state index in [-0.39, 0.29) is 43.7 Å². The van der Waals surface area contributed by atoms with Crippen LogP contribution in [0.3, 0.4) is 0 Å². The van der Waals surface area contributed by atoms with Gasteiger partial charge in [-0.05, 0) is 66.5 Å². The van der Waals surface area contributed by atoms with E-state index in [4.69, 9.17) is 0 Å². The van der Waals surface area contributed by atoms with Gasteiger partial charge < -0.3 is 20.4 Å². The first-order chi connectivity index (χ1) is 16.8. The maximum absolute atomic E-state index is 13.3. The summed E-state index contributed by atoms with van der Waals surface area (Å²) >= 11 is 1.47. The van der Waals surface area contributed by atoms with Gasteiger partial charge in [-0.1, -0.05) is 29.8 Å². The molecule has 7 nitrogen and oxygen atoms in total. The lowest BCUT2D eigenvalue weighted by atomic mass is 9.68. The summed E-state index contributed by atoms with van der Waals surface area (Å²) in [4.78, 5) is 28.6. The fraction of sp³-hybridized carbons (Fsp3) is 0.407. The predicted molar refractivity (Wildman–Crippen MR) is 133 cm³/mol. The molecule has 4 rings (SSSR count). The first-order valence-corrected chi connectivity index (χ1v) is 12.7. The molecule has 1 saturated heterocycles. The summed E-state index contributed by atoms with van der Waals surface area (Å²) in [6.07, 6.45) is 2.14. The highest BCUT2D eigenvalue weighted by atomic mass is 32.1. The molecule has 2 heterocycles. The van der Waals surface area contributed by atoms with Crippen molar-refractivity contribution in [2.24, 2.45) is 17.8 Å². The molecular weight excluding hydrogens is 466 g/mol. The smallest absolute Gasteiger partial charge is 0.234 e. The molecule has 1 aromatic carbocycles. The van der Waals surface area contributed by atoms with Crippen molar-refractivity contribution in [1.29, 1.82) is 0 Å². The summed E-state index contributed by atoms with van der Waals surface area (Å²) in [5.41, 5.74) is 2.98. The van der Waals surface area contributed by atoms with Crippen molar-refractivity contribution in [3.05, 3.63) is 68.9 Å². The number of carbonyl (C=O) groups is 2. The van der Waals surface area contributed by atoms with Crippen LogP contribution < -0.4 is 0 Å². The normalized spacial score (nSPS) is 23.7. The maximum atomic E-state index is 13.3. The summed E-state index contributed by atoms with van der Waals surface area (Å²) in [7, 11) is 0. The Kier molecular flexibility index (Phi) is 7.86. The second kappa shape index (κ2) is 10.9. The third kappa shape index (κ3) is 5.26. The van der Waals surface area contributed by atoms with Gasteiger partial charge in [-0.25, -0.2) is 0 Å². The third-order valence-electron chi connectivity index (χ3n) is 7.03. The van der Waals surface area contributed by atoms with Gasteiger partial charge in [-0.15, -0.1) is 11.3 Å². The number of rotatable bonds is 9. The average Bonchev–Trinajstić information content (AvgIpc) is 3.45. The van der Waals surface area contributed by atoms with Gasteiger partial charge in [0.2, 0.25) is 11.8 Å². The van der Waals surface area contributed by atoms with Crippen LogP contribution in [0.4, 0.5) is 0 Å². The van der Waals surface area contributed by atoms with Gasteiger partial charge in [-0.3, -0.25) is 14.5 Å². The second-order valence-corrected chi connectivity index (χ2v) is 10.4. The van der Waals surface area contributed by atoms with E-state index >= 15 is 0 Å². The Morgan fingerprint density at radius 2 is 1.91 bits per heavy atom. The van der Waals surface area contributed by atoms with Gasteiger partial charge in [0.1, 0.15) is 5.75 Å². The van der Waals surface area contributed by atoms with Crippen molar-refractivity contribution >= 4 is 29.2 Å². The minimum atomic E-state index is -0.951. The van der Waals surface area contributed by atoms with Crippen LogP contribution in [0.5, 0.6) is 5.75 Å². The fourth-order valence-corrected chi connectivity index (χ4v) is 6.02. The lowest BCUT2D eigenvalue weighted by Gasteiger charge is -2.36. The van der Waals surface area contributed by atoms with Gasteiger partial charge in [0, 0.05) is 10.8 Å². The minimum absolute atomic E-state index is 0.193. The highest BCUT2D eigenvalue weighted by Crippen LogP contribution is 2.46. The Labute approximate surface area is 208 Å². The fourth-order valence-electron chi connectivity index (χ4n) is 5.33. The van der Waals surface area contributed by atoms with E-state index in [1.165, 1.54) is 16.2 Å². The van der Waals surface area contributed by atoms with Crippen molar-refractivity contribution in [2.75, 3.05) is 13.2 Å². The van der Waals surface area contributed by atoms with E-state index in [9.17, 15) is 30.0 Å². The summed E-state index contributed by atoms with van der Waals surface area (Å²) in [6.45, 7) is 1.43. The first kappa shape index (κ1) is 25.3. The Hall–Kier alpha value is -2.78. The number of fused-ring (bicyclic) bond motifs is 1. The Morgan fingerprint density at radius 3 is 2.54 bits per heavy atom. The lowest BCUT2D eigenvalue weighted by molar-refractivity contribution is -0.140. The standard InChI is InChI=1S/C27H31NO6S/c1-16(11-17-5-7-19(31)8-6-17)4-9-23(32)24-18(14-29)12-21-25(22(24)15-30)27(34)28(26(21)33)13-20-3-2-10-35-20/h2-3,5-8,10-11,21-23,25,29-32H,4,9,12-15H2,1H3/b16-11+/t21-,22+,23-,25-/m1/s1. The molecule has 0 unspecified atom stereocenters.